The van der Waals surface area contributed by atoms with Crippen molar-refractivity contribution in [1.82, 2.24) is 14.5 Å². The Kier molecular flexibility index (Phi) is 4.67. The van der Waals surface area contributed by atoms with Crippen molar-refractivity contribution in [3.8, 4) is 0 Å². The minimum atomic E-state index is 0.594. The van der Waals surface area contributed by atoms with Gasteiger partial charge in [0, 0.05) is 22.7 Å². The van der Waals surface area contributed by atoms with Crippen molar-refractivity contribution in [2.45, 2.75) is 32.9 Å². The van der Waals surface area contributed by atoms with Gasteiger partial charge in [0.2, 0.25) is 5.95 Å². The third-order valence-electron chi connectivity index (χ3n) is 3.76. The van der Waals surface area contributed by atoms with Crippen LogP contribution in [0.1, 0.15) is 20.3 Å². The van der Waals surface area contributed by atoms with Crippen LogP contribution < -0.4 is 5.73 Å². The molecule has 0 saturated carbocycles. The number of aromatic nitrogens is 2. The zero-order valence-corrected chi connectivity index (χ0v) is 13.9. The average molecular weight is 372 g/mol. The average Bonchev–Trinajstić information content (AvgIpc) is 2.69. The van der Waals surface area contributed by atoms with E-state index < -0.39 is 0 Å². The molecule has 5 heteroatoms. The Morgan fingerprint density at radius 3 is 2.89 bits per heavy atom. The molecule has 0 aliphatic rings. The second kappa shape index (κ2) is 6.09. The molecule has 0 bridgehead atoms. The molecule has 1 aromatic heterocycles. The van der Waals surface area contributed by atoms with Crippen LogP contribution >= 0.6 is 22.6 Å². The lowest BCUT2D eigenvalue weighted by Gasteiger charge is -2.23. The highest BCUT2D eigenvalue weighted by Gasteiger charge is 2.11. The van der Waals surface area contributed by atoms with Crippen LogP contribution in [0.5, 0.6) is 0 Å². The lowest BCUT2D eigenvalue weighted by Crippen LogP contribution is -2.31. The highest BCUT2D eigenvalue weighted by molar-refractivity contribution is 14.1. The third-order valence-corrected chi connectivity index (χ3v) is 4.43. The summed E-state index contributed by atoms with van der Waals surface area (Å²) in [6.07, 6.45) is 1.16. The van der Waals surface area contributed by atoms with Gasteiger partial charge >= 0.3 is 0 Å². The molecule has 0 radical (unpaired) electrons. The van der Waals surface area contributed by atoms with E-state index in [0.29, 0.717) is 12.0 Å². The molecule has 0 fully saturated rings. The molecule has 4 nitrogen and oxygen atoms in total. The Balaban J connectivity index is 2.19. The quantitative estimate of drug-likeness (QED) is 0.821. The second-order valence-electron chi connectivity index (χ2n) is 4.99. The molecule has 104 valence electrons. The highest BCUT2D eigenvalue weighted by Crippen LogP contribution is 2.20. The summed E-state index contributed by atoms with van der Waals surface area (Å²) >= 11 is 2.30. The second-order valence-corrected chi connectivity index (χ2v) is 6.24. The number of nitrogens with two attached hydrogens (primary N) is 1. The molecule has 2 N–H and O–H groups in total. The summed E-state index contributed by atoms with van der Waals surface area (Å²) in [4.78, 5) is 6.79. The molecule has 1 atom stereocenters. The molecule has 2 aromatic rings. The van der Waals surface area contributed by atoms with Crippen molar-refractivity contribution in [3.05, 3.63) is 21.8 Å². The number of halogens is 1. The van der Waals surface area contributed by atoms with E-state index in [4.69, 9.17) is 5.73 Å². The Labute approximate surface area is 128 Å². The number of nitrogen functional groups attached to an aromatic ring is 1. The fraction of sp³-hybridized carbons (Fsp3) is 0.500. The Bertz CT molecular complexity index is 564. The van der Waals surface area contributed by atoms with Gasteiger partial charge in [-0.1, -0.05) is 6.92 Å². The first-order valence-corrected chi connectivity index (χ1v) is 7.72. The van der Waals surface area contributed by atoms with Gasteiger partial charge < -0.3 is 15.2 Å². The smallest absolute Gasteiger partial charge is 0.201 e. The fourth-order valence-corrected chi connectivity index (χ4v) is 2.62. The number of imidazole rings is 1. The van der Waals surface area contributed by atoms with Gasteiger partial charge in [-0.15, -0.1) is 0 Å². The predicted molar refractivity (Wildman–Crippen MR) is 89.2 cm³/mol. The van der Waals surface area contributed by atoms with Crippen LogP contribution in [0.15, 0.2) is 18.2 Å². The van der Waals surface area contributed by atoms with Crippen molar-refractivity contribution in [2.75, 3.05) is 19.3 Å². The van der Waals surface area contributed by atoms with Crippen LogP contribution in [-0.4, -0.2) is 34.1 Å². The van der Waals surface area contributed by atoms with E-state index in [1.54, 1.807) is 0 Å². The minimum absolute atomic E-state index is 0.594. The summed E-state index contributed by atoms with van der Waals surface area (Å²) in [7, 11) is 2.16. The molecule has 1 heterocycles. The lowest BCUT2D eigenvalue weighted by atomic mass is 10.2. The van der Waals surface area contributed by atoms with Crippen molar-refractivity contribution in [1.29, 1.82) is 0 Å². The molecule has 1 unspecified atom stereocenters. The molecule has 1 aromatic carbocycles. The summed E-state index contributed by atoms with van der Waals surface area (Å²) in [6, 6.07) is 6.86. The Hall–Kier alpha value is -0.820. The van der Waals surface area contributed by atoms with Crippen molar-refractivity contribution in [2.24, 2.45) is 0 Å². The number of hydrogen-bond acceptors (Lipinski definition) is 3. The van der Waals surface area contributed by atoms with Crippen molar-refractivity contribution >= 4 is 39.6 Å². The largest absolute Gasteiger partial charge is 0.369 e. The molecule has 0 aliphatic carbocycles. The van der Waals surface area contributed by atoms with Crippen molar-refractivity contribution in [3.63, 3.8) is 0 Å². The van der Waals surface area contributed by atoms with Crippen LogP contribution in [0.4, 0.5) is 5.95 Å². The number of benzene rings is 1. The van der Waals surface area contributed by atoms with Crippen LogP contribution in [-0.2, 0) is 6.54 Å². The number of hydrogen-bond donors (Lipinski definition) is 1. The Morgan fingerprint density at radius 2 is 2.21 bits per heavy atom. The molecule has 19 heavy (non-hydrogen) atoms. The van der Waals surface area contributed by atoms with E-state index in [9.17, 15) is 0 Å². The summed E-state index contributed by atoms with van der Waals surface area (Å²) in [5.41, 5.74) is 8.13. The van der Waals surface area contributed by atoms with E-state index in [2.05, 4.69) is 76.1 Å². The van der Waals surface area contributed by atoms with Crippen LogP contribution in [0.25, 0.3) is 11.0 Å². The van der Waals surface area contributed by atoms with E-state index in [-0.39, 0.29) is 0 Å². The first-order valence-electron chi connectivity index (χ1n) is 6.64. The topological polar surface area (TPSA) is 47.1 Å². The van der Waals surface area contributed by atoms with Crippen LogP contribution in [0.2, 0.25) is 0 Å². The maximum absolute atomic E-state index is 6.03. The van der Waals surface area contributed by atoms with Crippen LogP contribution in [0.3, 0.4) is 0 Å². The van der Waals surface area contributed by atoms with Crippen LogP contribution in [0, 0.1) is 3.57 Å². The van der Waals surface area contributed by atoms with Gasteiger partial charge in [-0.05, 0) is 61.2 Å². The van der Waals surface area contributed by atoms with Gasteiger partial charge in [0.05, 0.1) is 11.0 Å². The summed E-state index contributed by atoms with van der Waals surface area (Å²) in [6.45, 7) is 6.32. The monoisotopic (exact) mass is 372 g/mol. The van der Waals surface area contributed by atoms with Gasteiger partial charge in [0.1, 0.15) is 0 Å². The van der Waals surface area contributed by atoms with E-state index in [1.165, 1.54) is 3.57 Å². The maximum atomic E-state index is 6.03. The van der Waals surface area contributed by atoms with Gasteiger partial charge in [-0.2, -0.15) is 0 Å². The number of rotatable bonds is 5. The standard InChI is InChI=1S/C14H21IN4/c1-4-10(2)18(3)7-8-19-13-6-5-11(15)9-12(13)17-14(19)16/h5-6,9-10H,4,7-8H2,1-3H3,(H2,16,17). The van der Waals surface area contributed by atoms with E-state index >= 15 is 0 Å². The number of anilines is 1. The minimum Gasteiger partial charge on any atom is -0.369 e. The van der Waals surface area contributed by atoms with E-state index in [0.717, 1.165) is 30.5 Å². The number of likely N-dealkylation sites (N-methyl/N-ethyl adjacent to an activating group) is 1. The zero-order chi connectivity index (χ0) is 14.0. The van der Waals surface area contributed by atoms with Gasteiger partial charge in [0.25, 0.3) is 0 Å². The number of fused-ring (bicyclic) bond motifs is 1. The van der Waals surface area contributed by atoms with Gasteiger partial charge in [-0.3, -0.25) is 0 Å². The van der Waals surface area contributed by atoms with Gasteiger partial charge in [0.15, 0.2) is 0 Å². The molecule has 0 aliphatic heterocycles. The summed E-state index contributed by atoms with van der Waals surface area (Å²) in [5.74, 6) is 0.606. The predicted octanol–water partition coefficient (Wildman–Crippen LogP) is 2.95. The molecular weight excluding hydrogens is 351 g/mol. The molecule has 2 rings (SSSR count). The Morgan fingerprint density at radius 1 is 1.47 bits per heavy atom. The first kappa shape index (κ1) is 14.6. The molecule has 0 amide bonds. The lowest BCUT2D eigenvalue weighted by molar-refractivity contribution is 0.244. The van der Waals surface area contributed by atoms with E-state index in [1.807, 2.05) is 0 Å². The SMILES string of the molecule is CCC(C)N(C)CCn1c(N)nc2cc(I)ccc21. The highest BCUT2D eigenvalue weighted by atomic mass is 127. The van der Waals surface area contributed by atoms with Gasteiger partial charge in [-0.25, -0.2) is 4.98 Å². The normalized spacial score (nSPS) is 13.3. The van der Waals surface area contributed by atoms with Crippen molar-refractivity contribution < 1.29 is 0 Å². The third kappa shape index (κ3) is 3.20. The molecule has 0 saturated heterocycles. The fourth-order valence-electron chi connectivity index (χ4n) is 2.15. The number of nitrogens with zero attached hydrogens (tertiary/aromatic N) is 3. The first-order chi connectivity index (χ1) is 9.02. The molecular formula is C14H21IN4. The zero-order valence-electron chi connectivity index (χ0n) is 11.7. The molecule has 0 spiro atoms. The maximum Gasteiger partial charge on any atom is 0.201 e. The summed E-state index contributed by atoms with van der Waals surface area (Å²) in [5, 5.41) is 0. The summed E-state index contributed by atoms with van der Waals surface area (Å²) < 4.78 is 3.29.